The minimum absolute atomic E-state index is 0.0287. The van der Waals surface area contributed by atoms with E-state index in [-0.39, 0.29) is 17.7 Å². The van der Waals surface area contributed by atoms with Gasteiger partial charge in [0.15, 0.2) is 11.6 Å². The van der Waals surface area contributed by atoms with Crippen LogP contribution in [0, 0.1) is 11.6 Å². The summed E-state index contributed by atoms with van der Waals surface area (Å²) in [6.07, 6.45) is 0.948. The van der Waals surface area contributed by atoms with Crippen molar-refractivity contribution in [2.24, 2.45) is 0 Å². The summed E-state index contributed by atoms with van der Waals surface area (Å²) < 4.78 is 32.3. The summed E-state index contributed by atoms with van der Waals surface area (Å²) in [5.74, 6) is -2.17. The molecule has 4 nitrogen and oxygen atoms in total. The molecule has 1 fully saturated rings. The van der Waals surface area contributed by atoms with Gasteiger partial charge in [-0.1, -0.05) is 30.3 Å². The fourth-order valence-electron chi connectivity index (χ4n) is 2.84. The van der Waals surface area contributed by atoms with E-state index >= 15 is 0 Å². The minimum atomic E-state index is -1.01. The van der Waals surface area contributed by atoms with E-state index in [1.165, 1.54) is 6.07 Å². The molecule has 132 valence electrons. The summed E-state index contributed by atoms with van der Waals surface area (Å²) in [5.41, 5.74) is 0.647. The largest absolute Gasteiger partial charge is 0.476 e. The van der Waals surface area contributed by atoms with Gasteiger partial charge in [-0.2, -0.15) is 0 Å². The van der Waals surface area contributed by atoms with Crippen molar-refractivity contribution in [3.05, 3.63) is 65.7 Å². The third-order valence-electron chi connectivity index (χ3n) is 4.13. The average molecular weight is 346 g/mol. The van der Waals surface area contributed by atoms with Gasteiger partial charge in [0.25, 0.3) is 5.91 Å². The van der Waals surface area contributed by atoms with Gasteiger partial charge in [-0.25, -0.2) is 8.78 Å². The second-order valence-corrected chi connectivity index (χ2v) is 6.04. The first-order chi connectivity index (χ1) is 12.1. The Bertz CT molecular complexity index is 719. The normalized spacial score (nSPS) is 18.4. The molecule has 1 aliphatic heterocycles. The van der Waals surface area contributed by atoms with Crippen molar-refractivity contribution in [2.75, 3.05) is 13.1 Å². The maximum absolute atomic E-state index is 13.4. The van der Waals surface area contributed by atoms with E-state index in [4.69, 9.17) is 4.74 Å². The van der Waals surface area contributed by atoms with E-state index in [0.717, 1.165) is 31.5 Å². The van der Waals surface area contributed by atoms with E-state index in [0.29, 0.717) is 12.1 Å². The van der Waals surface area contributed by atoms with E-state index in [2.05, 4.69) is 10.6 Å². The molecular weight excluding hydrogens is 326 g/mol. The number of benzene rings is 2. The third-order valence-corrected chi connectivity index (χ3v) is 4.13. The maximum Gasteiger partial charge on any atom is 0.266 e. The lowest BCUT2D eigenvalue weighted by molar-refractivity contribution is -0.129. The van der Waals surface area contributed by atoms with Gasteiger partial charge in [-0.3, -0.25) is 4.79 Å². The lowest BCUT2D eigenvalue weighted by Gasteiger charge is -2.26. The van der Waals surface area contributed by atoms with Crippen LogP contribution in [0.25, 0.3) is 0 Å². The number of amides is 1. The van der Waals surface area contributed by atoms with E-state index in [1.807, 2.05) is 6.07 Å². The van der Waals surface area contributed by atoms with Crippen LogP contribution in [0.15, 0.2) is 48.5 Å². The van der Waals surface area contributed by atoms with Crippen LogP contribution in [0.2, 0.25) is 0 Å². The van der Waals surface area contributed by atoms with Gasteiger partial charge in [0.05, 0.1) is 0 Å². The van der Waals surface area contributed by atoms with Gasteiger partial charge in [-0.15, -0.1) is 0 Å². The summed E-state index contributed by atoms with van der Waals surface area (Å²) in [4.78, 5) is 12.7. The smallest absolute Gasteiger partial charge is 0.266 e. The van der Waals surface area contributed by atoms with Crippen LogP contribution < -0.4 is 15.4 Å². The molecule has 2 N–H and O–H groups in total. The van der Waals surface area contributed by atoms with Crippen LogP contribution in [0.1, 0.15) is 24.5 Å². The lowest BCUT2D eigenvalue weighted by Crippen LogP contribution is -2.47. The van der Waals surface area contributed by atoms with E-state index in [9.17, 15) is 13.6 Å². The highest BCUT2D eigenvalue weighted by atomic mass is 19.2. The van der Waals surface area contributed by atoms with Crippen molar-refractivity contribution >= 4 is 5.91 Å². The number of carbonyl (C=O) groups is 1. The quantitative estimate of drug-likeness (QED) is 0.875. The van der Waals surface area contributed by atoms with Crippen molar-refractivity contribution in [3.8, 4) is 5.75 Å². The monoisotopic (exact) mass is 346 g/mol. The molecule has 0 radical (unpaired) electrons. The third kappa shape index (κ3) is 4.54. The highest BCUT2D eigenvalue weighted by Crippen LogP contribution is 2.24. The van der Waals surface area contributed by atoms with Crippen LogP contribution in [0.3, 0.4) is 0 Å². The summed E-state index contributed by atoms with van der Waals surface area (Å²) in [5, 5.41) is 6.20. The number of nitrogens with one attached hydrogen (secondary N) is 2. The first kappa shape index (κ1) is 17.4. The fraction of sp³-hybridized carbons (Fsp3) is 0.316. The minimum Gasteiger partial charge on any atom is -0.476 e. The predicted octanol–water partition coefficient (Wildman–Crippen LogP) is 2.95. The molecule has 1 saturated heterocycles. The molecule has 3 rings (SSSR count). The molecule has 0 aromatic heterocycles. The van der Waals surface area contributed by atoms with Crippen LogP contribution in [0.5, 0.6) is 5.75 Å². The molecule has 1 heterocycles. The van der Waals surface area contributed by atoms with Gasteiger partial charge in [0, 0.05) is 24.2 Å². The molecule has 2 aromatic rings. The second kappa shape index (κ2) is 8.07. The molecule has 2 aromatic carbocycles. The highest BCUT2D eigenvalue weighted by molar-refractivity contribution is 5.82. The van der Waals surface area contributed by atoms with Crippen molar-refractivity contribution < 1.29 is 18.3 Å². The Morgan fingerprint density at radius 2 is 1.96 bits per heavy atom. The van der Waals surface area contributed by atoms with Gasteiger partial charge in [0.2, 0.25) is 6.10 Å². The number of piperidine rings is 1. The number of hydrogen-bond donors (Lipinski definition) is 2. The molecule has 2 atom stereocenters. The zero-order valence-corrected chi connectivity index (χ0v) is 13.7. The number of ether oxygens (including phenoxy) is 1. The van der Waals surface area contributed by atoms with Gasteiger partial charge < -0.3 is 15.4 Å². The molecule has 0 saturated carbocycles. The topological polar surface area (TPSA) is 50.4 Å². The Kier molecular flexibility index (Phi) is 5.60. The SMILES string of the molecule is O=C(N[C@H]1CCCNC1)C(Oc1ccc(F)c(F)c1)c1ccccc1. The lowest BCUT2D eigenvalue weighted by atomic mass is 10.1. The second-order valence-electron chi connectivity index (χ2n) is 6.04. The maximum atomic E-state index is 13.4. The first-order valence-electron chi connectivity index (χ1n) is 8.31. The van der Waals surface area contributed by atoms with Gasteiger partial charge >= 0.3 is 0 Å². The zero-order valence-electron chi connectivity index (χ0n) is 13.7. The Balaban J connectivity index is 1.79. The number of rotatable bonds is 5. The summed E-state index contributed by atoms with van der Waals surface area (Å²) in [6, 6.07) is 12.2. The predicted molar refractivity (Wildman–Crippen MR) is 90.2 cm³/mol. The average Bonchev–Trinajstić information content (AvgIpc) is 2.64. The Morgan fingerprint density at radius 3 is 2.64 bits per heavy atom. The summed E-state index contributed by atoms with van der Waals surface area (Å²) in [7, 11) is 0. The molecule has 0 aliphatic carbocycles. The molecule has 6 heteroatoms. The van der Waals surface area contributed by atoms with Crippen molar-refractivity contribution in [1.82, 2.24) is 10.6 Å². The van der Waals surface area contributed by atoms with Gasteiger partial charge in [0.1, 0.15) is 5.75 Å². The molecule has 1 unspecified atom stereocenters. The molecule has 1 amide bonds. The molecule has 0 spiro atoms. The Labute approximate surface area is 145 Å². The van der Waals surface area contributed by atoms with Crippen LogP contribution in [-0.4, -0.2) is 25.0 Å². The molecular formula is C19H20F2N2O2. The van der Waals surface area contributed by atoms with Gasteiger partial charge in [-0.05, 0) is 31.5 Å². The highest BCUT2D eigenvalue weighted by Gasteiger charge is 2.26. The number of halogens is 2. The Hall–Kier alpha value is -2.47. The van der Waals surface area contributed by atoms with Crippen molar-refractivity contribution in [2.45, 2.75) is 25.0 Å². The van der Waals surface area contributed by atoms with Crippen molar-refractivity contribution in [1.29, 1.82) is 0 Å². The standard InChI is InChI=1S/C19H20F2N2O2/c20-16-9-8-15(11-17(16)21)25-18(13-5-2-1-3-6-13)19(24)23-14-7-4-10-22-12-14/h1-3,5-6,8-9,11,14,18,22H,4,7,10,12H2,(H,23,24)/t14-,18?/m0/s1. The Morgan fingerprint density at radius 1 is 1.16 bits per heavy atom. The van der Waals surface area contributed by atoms with Crippen molar-refractivity contribution in [3.63, 3.8) is 0 Å². The molecule has 0 bridgehead atoms. The summed E-state index contributed by atoms with van der Waals surface area (Å²) in [6.45, 7) is 1.65. The summed E-state index contributed by atoms with van der Waals surface area (Å²) >= 11 is 0. The van der Waals surface area contributed by atoms with Crippen LogP contribution >= 0.6 is 0 Å². The molecule has 25 heavy (non-hydrogen) atoms. The number of hydrogen-bond acceptors (Lipinski definition) is 3. The fourth-order valence-corrected chi connectivity index (χ4v) is 2.84. The van der Waals surface area contributed by atoms with E-state index < -0.39 is 17.7 Å². The first-order valence-corrected chi connectivity index (χ1v) is 8.31. The zero-order chi connectivity index (χ0) is 17.6. The van der Waals surface area contributed by atoms with Crippen LogP contribution in [-0.2, 0) is 4.79 Å². The number of carbonyl (C=O) groups excluding carboxylic acids is 1. The van der Waals surface area contributed by atoms with E-state index in [1.54, 1.807) is 24.3 Å². The molecule has 1 aliphatic rings. The van der Waals surface area contributed by atoms with Crippen LogP contribution in [0.4, 0.5) is 8.78 Å².